The zero-order valence-corrected chi connectivity index (χ0v) is 19.4. The first-order valence-corrected chi connectivity index (χ1v) is 11.9. The molecule has 1 fully saturated rings. The summed E-state index contributed by atoms with van der Waals surface area (Å²) in [6.07, 6.45) is 1.22. The highest BCUT2D eigenvalue weighted by molar-refractivity contribution is 5.93. The number of hydrogen-bond acceptors (Lipinski definition) is 5. The van der Waals surface area contributed by atoms with Gasteiger partial charge in [0.25, 0.3) is 0 Å². The van der Waals surface area contributed by atoms with Gasteiger partial charge in [0, 0.05) is 36.1 Å². The molecule has 1 amide bonds. The number of aryl methyl sites for hydroxylation is 1. The van der Waals surface area contributed by atoms with Crippen LogP contribution in [-0.4, -0.2) is 46.7 Å². The fourth-order valence-corrected chi connectivity index (χ4v) is 5.11. The number of carbonyl (C=O) groups excluding carboxylic acids is 1. The number of amides is 1. The molecule has 0 bridgehead atoms. The maximum absolute atomic E-state index is 12.7. The van der Waals surface area contributed by atoms with Crippen LogP contribution in [0.25, 0.3) is 11.1 Å². The van der Waals surface area contributed by atoms with E-state index in [1.165, 1.54) is 0 Å². The van der Waals surface area contributed by atoms with Crippen molar-refractivity contribution in [3.63, 3.8) is 0 Å². The summed E-state index contributed by atoms with van der Waals surface area (Å²) in [6.45, 7) is 4.07. The summed E-state index contributed by atoms with van der Waals surface area (Å²) in [4.78, 5) is 14.9. The maximum atomic E-state index is 12.7. The van der Waals surface area contributed by atoms with Gasteiger partial charge in [-0.1, -0.05) is 48.0 Å². The summed E-state index contributed by atoms with van der Waals surface area (Å²) >= 11 is 0. The lowest BCUT2D eigenvalue weighted by molar-refractivity contribution is -0.117. The van der Waals surface area contributed by atoms with E-state index in [9.17, 15) is 15.0 Å². The molecule has 6 heteroatoms. The third kappa shape index (κ3) is 4.57. The molecule has 3 aromatic rings. The van der Waals surface area contributed by atoms with E-state index in [-0.39, 0.29) is 12.5 Å². The van der Waals surface area contributed by atoms with Crippen LogP contribution in [0.5, 0.6) is 0 Å². The highest BCUT2D eigenvalue weighted by Gasteiger charge is 2.27. The Morgan fingerprint density at radius 1 is 1.00 bits per heavy atom. The van der Waals surface area contributed by atoms with Gasteiger partial charge in [0.15, 0.2) is 0 Å². The molecular weight excluding hydrogens is 426 g/mol. The lowest BCUT2D eigenvalue weighted by atomic mass is 10.0. The van der Waals surface area contributed by atoms with Gasteiger partial charge in [0.05, 0.1) is 13.2 Å². The number of anilines is 2. The van der Waals surface area contributed by atoms with Crippen molar-refractivity contribution in [3.05, 3.63) is 82.9 Å². The normalized spacial score (nSPS) is 17.8. The average Bonchev–Trinajstić information content (AvgIpc) is 3.13. The van der Waals surface area contributed by atoms with Crippen LogP contribution in [-0.2, 0) is 11.4 Å². The maximum Gasteiger partial charge on any atom is 0.238 e. The number of likely N-dealkylation sites (tertiary alicyclic amines) is 1. The Kier molecular flexibility index (Phi) is 6.37. The van der Waals surface area contributed by atoms with Gasteiger partial charge < -0.3 is 20.8 Å². The van der Waals surface area contributed by atoms with Crippen LogP contribution in [0.2, 0.25) is 0 Å². The fourth-order valence-electron chi connectivity index (χ4n) is 5.11. The van der Waals surface area contributed by atoms with Crippen LogP contribution in [0.4, 0.5) is 11.4 Å². The van der Waals surface area contributed by atoms with Gasteiger partial charge in [-0.3, -0.25) is 9.69 Å². The smallest absolute Gasteiger partial charge is 0.238 e. The standard InChI is InChI=1S/C28H31N3O3/c1-18-6-9-26(19(14-18)17-32)29-20-10-12-31(13-11-20)16-27(33)30-21-7-8-23-22-4-2-3-5-24(22)28(34)25(23)15-21/h2-9,14-15,20,28-29,32,34H,10-13,16-17H2,1H3,(H,30,33). The average molecular weight is 458 g/mol. The molecule has 0 saturated carbocycles. The number of rotatable bonds is 6. The van der Waals surface area contributed by atoms with Crippen molar-refractivity contribution in [1.29, 1.82) is 0 Å². The molecule has 1 heterocycles. The SMILES string of the molecule is Cc1ccc(NC2CCN(CC(=O)Nc3ccc4c(c3)C(O)c3ccccc3-4)CC2)c(CO)c1. The molecule has 34 heavy (non-hydrogen) atoms. The third-order valence-corrected chi connectivity index (χ3v) is 6.92. The number of piperidine rings is 1. The Bertz CT molecular complexity index is 1200. The van der Waals surface area contributed by atoms with E-state index in [4.69, 9.17) is 0 Å². The molecule has 5 rings (SSSR count). The minimum absolute atomic E-state index is 0.0227. The zero-order chi connectivity index (χ0) is 23.7. The van der Waals surface area contributed by atoms with E-state index < -0.39 is 6.10 Å². The molecule has 2 aliphatic rings. The summed E-state index contributed by atoms with van der Waals surface area (Å²) < 4.78 is 0. The minimum Gasteiger partial charge on any atom is -0.392 e. The number of nitrogens with zero attached hydrogens (tertiary/aromatic N) is 1. The summed E-state index contributed by atoms with van der Waals surface area (Å²) in [5, 5.41) is 26.9. The van der Waals surface area contributed by atoms with Crippen molar-refractivity contribution >= 4 is 17.3 Å². The van der Waals surface area contributed by atoms with E-state index in [0.29, 0.717) is 18.3 Å². The van der Waals surface area contributed by atoms with Crippen molar-refractivity contribution < 1.29 is 15.0 Å². The van der Waals surface area contributed by atoms with E-state index in [1.807, 2.05) is 61.5 Å². The molecule has 3 aromatic carbocycles. The second kappa shape index (κ2) is 9.58. The predicted molar refractivity (Wildman–Crippen MR) is 135 cm³/mol. The summed E-state index contributed by atoms with van der Waals surface area (Å²) in [5.74, 6) is -0.0440. The second-order valence-electron chi connectivity index (χ2n) is 9.35. The summed E-state index contributed by atoms with van der Waals surface area (Å²) in [6, 6.07) is 20.1. The molecular formula is C28H31N3O3. The van der Waals surface area contributed by atoms with Gasteiger partial charge in [0.2, 0.25) is 5.91 Å². The summed E-state index contributed by atoms with van der Waals surface area (Å²) in [5.41, 5.74) is 7.58. The number of aliphatic hydroxyl groups excluding tert-OH is 2. The Morgan fingerprint density at radius 3 is 2.56 bits per heavy atom. The van der Waals surface area contributed by atoms with Crippen molar-refractivity contribution in [2.45, 2.75) is 38.5 Å². The molecule has 1 atom stereocenters. The third-order valence-electron chi connectivity index (χ3n) is 6.92. The molecule has 0 aromatic heterocycles. The van der Waals surface area contributed by atoms with Gasteiger partial charge in [-0.05, 0) is 60.2 Å². The van der Waals surface area contributed by atoms with Gasteiger partial charge in [-0.25, -0.2) is 0 Å². The Hall–Kier alpha value is -3.19. The van der Waals surface area contributed by atoms with Crippen LogP contribution in [0.1, 0.15) is 41.2 Å². The van der Waals surface area contributed by atoms with Crippen LogP contribution < -0.4 is 10.6 Å². The molecule has 1 aliphatic carbocycles. The molecule has 1 saturated heterocycles. The Labute approximate surface area is 200 Å². The van der Waals surface area contributed by atoms with Crippen LogP contribution in [0.3, 0.4) is 0 Å². The largest absolute Gasteiger partial charge is 0.392 e. The van der Waals surface area contributed by atoms with Gasteiger partial charge >= 0.3 is 0 Å². The van der Waals surface area contributed by atoms with Crippen molar-refractivity contribution in [2.24, 2.45) is 0 Å². The molecule has 0 radical (unpaired) electrons. The zero-order valence-electron chi connectivity index (χ0n) is 19.4. The van der Waals surface area contributed by atoms with Crippen LogP contribution in [0.15, 0.2) is 60.7 Å². The number of hydrogen-bond donors (Lipinski definition) is 4. The lowest BCUT2D eigenvalue weighted by Crippen LogP contribution is -2.42. The Balaban J connectivity index is 1.14. The number of carbonyl (C=O) groups is 1. The van der Waals surface area contributed by atoms with Crippen LogP contribution >= 0.6 is 0 Å². The number of fused-ring (bicyclic) bond motifs is 3. The topological polar surface area (TPSA) is 84.8 Å². The van der Waals surface area contributed by atoms with Gasteiger partial charge in [-0.15, -0.1) is 0 Å². The van der Waals surface area contributed by atoms with E-state index >= 15 is 0 Å². The van der Waals surface area contributed by atoms with Crippen LogP contribution in [0, 0.1) is 6.92 Å². The highest BCUT2D eigenvalue weighted by Crippen LogP contribution is 2.44. The van der Waals surface area contributed by atoms with Gasteiger partial charge in [0.1, 0.15) is 6.10 Å². The highest BCUT2D eigenvalue weighted by atomic mass is 16.3. The molecule has 0 spiro atoms. The van der Waals surface area contributed by atoms with E-state index in [0.717, 1.165) is 65.0 Å². The minimum atomic E-state index is -0.658. The Morgan fingerprint density at radius 2 is 1.76 bits per heavy atom. The monoisotopic (exact) mass is 457 g/mol. The van der Waals surface area contributed by atoms with E-state index in [2.05, 4.69) is 21.6 Å². The van der Waals surface area contributed by atoms with Crippen molar-refractivity contribution in [3.8, 4) is 11.1 Å². The van der Waals surface area contributed by atoms with Crippen molar-refractivity contribution in [2.75, 3.05) is 30.3 Å². The molecule has 6 nitrogen and oxygen atoms in total. The first-order valence-electron chi connectivity index (χ1n) is 11.9. The molecule has 1 unspecified atom stereocenters. The predicted octanol–water partition coefficient (Wildman–Crippen LogP) is 4.06. The fraction of sp³-hybridized carbons (Fsp3) is 0.321. The number of nitrogens with one attached hydrogen (secondary N) is 2. The van der Waals surface area contributed by atoms with E-state index in [1.54, 1.807) is 0 Å². The number of benzene rings is 3. The quantitative estimate of drug-likeness (QED) is 0.449. The molecule has 176 valence electrons. The summed E-state index contributed by atoms with van der Waals surface area (Å²) in [7, 11) is 0. The first kappa shape index (κ1) is 22.6. The first-order chi connectivity index (χ1) is 16.5. The van der Waals surface area contributed by atoms with Crippen molar-refractivity contribution in [1.82, 2.24) is 4.90 Å². The molecule has 4 N–H and O–H groups in total. The van der Waals surface area contributed by atoms with Gasteiger partial charge in [-0.2, -0.15) is 0 Å². The second-order valence-corrected chi connectivity index (χ2v) is 9.35. The molecule has 1 aliphatic heterocycles. The lowest BCUT2D eigenvalue weighted by Gasteiger charge is -2.32. The number of aliphatic hydroxyl groups is 2.